The number of nitrogens with zero attached hydrogens (tertiary/aromatic N) is 1. The minimum absolute atomic E-state index is 0.0142. The molecule has 0 saturated carbocycles. The molecule has 0 atom stereocenters. The predicted octanol–water partition coefficient (Wildman–Crippen LogP) is 3.89. The van der Waals surface area contributed by atoms with Gasteiger partial charge in [0.2, 0.25) is 0 Å². The summed E-state index contributed by atoms with van der Waals surface area (Å²) in [5, 5.41) is 0. The second-order valence-electron chi connectivity index (χ2n) is 4.66. The second-order valence-corrected chi connectivity index (χ2v) is 4.66. The minimum atomic E-state index is -0.865. The molecule has 2 aromatic rings. The van der Waals surface area contributed by atoms with E-state index in [-0.39, 0.29) is 17.8 Å². The molecule has 20 heavy (non-hydrogen) atoms. The largest absolute Gasteiger partial charge is 0.339 e. The molecule has 0 saturated heterocycles. The summed E-state index contributed by atoms with van der Waals surface area (Å²) in [5.41, 5.74) is 7.75. The summed E-state index contributed by atoms with van der Waals surface area (Å²) >= 11 is 0. The maximum absolute atomic E-state index is 14.2. The SMILES string of the molecule is CCN(c1ccc(C)cc1)c1ccc(CN)c(F)c1F. The van der Waals surface area contributed by atoms with E-state index in [1.807, 2.05) is 38.1 Å². The number of nitrogens with two attached hydrogens (primary N) is 1. The number of hydrogen-bond acceptors (Lipinski definition) is 2. The smallest absolute Gasteiger partial charge is 0.182 e. The van der Waals surface area contributed by atoms with E-state index in [2.05, 4.69) is 0 Å². The molecule has 2 aromatic carbocycles. The first-order chi connectivity index (χ1) is 9.58. The summed E-state index contributed by atoms with van der Waals surface area (Å²) in [5.74, 6) is -1.72. The first kappa shape index (κ1) is 14.5. The molecule has 0 spiro atoms. The maximum Gasteiger partial charge on any atom is 0.182 e. The van der Waals surface area contributed by atoms with Gasteiger partial charge in [-0.2, -0.15) is 0 Å². The number of benzene rings is 2. The lowest BCUT2D eigenvalue weighted by molar-refractivity contribution is 0.499. The molecular weight excluding hydrogens is 258 g/mol. The van der Waals surface area contributed by atoms with E-state index >= 15 is 0 Å². The zero-order valence-corrected chi connectivity index (χ0v) is 11.7. The molecular formula is C16H18F2N2. The van der Waals surface area contributed by atoms with E-state index in [1.165, 1.54) is 6.07 Å². The Morgan fingerprint density at radius 3 is 2.20 bits per heavy atom. The van der Waals surface area contributed by atoms with Gasteiger partial charge in [-0.15, -0.1) is 0 Å². The lowest BCUT2D eigenvalue weighted by atomic mass is 10.1. The van der Waals surface area contributed by atoms with Gasteiger partial charge in [-0.25, -0.2) is 8.78 Å². The van der Waals surface area contributed by atoms with Crippen molar-refractivity contribution < 1.29 is 8.78 Å². The van der Waals surface area contributed by atoms with Crippen LogP contribution in [0.5, 0.6) is 0 Å². The van der Waals surface area contributed by atoms with Crippen LogP contribution in [-0.4, -0.2) is 6.54 Å². The first-order valence-electron chi connectivity index (χ1n) is 6.59. The number of rotatable bonds is 4. The molecule has 0 bridgehead atoms. The molecule has 0 unspecified atom stereocenters. The number of aryl methyl sites for hydroxylation is 1. The molecule has 4 heteroatoms. The van der Waals surface area contributed by atoms with Crippen LogP contribution in [0.25, 0.3) is 0 Å². The molecule has 0 amide bonds. The van der Waals surface area contributed by atoms with Crippen molar-refractivity contribution in [2.45, 2.75) is 20.4 Å². The van der Waals surface area contributed by atoms with Crippen molar-refractivity contribution in [3.63, 3.8) is 0 Å². The minimum Gasteiger partial charge on any atom is -0.339 e. The Bertz CT molecular complexity index is 594. The van der Waals surface area contributed by atoms with Gasteiger partial charge in [0.1, 0.15) is 0 Å². The van der Waals surface area contributed by atoms with Crippen LogP contribution in [-0.2, 0) is 6.54 Å². The van der Waals surface area contributed by atoms with E-state index in [0.29, 0.717) is 6.54 Å². The molecule has 0 heterocycles. The van der Waals surface area contributed by atoms with E-state index in [9.17, 15) is 8.78 Å². The van der Waals surface area contributed by atoms with Crippen LogP contribution in [0.2, 0.25) is 0 Å². The van der Waals surface area contributed by atoms with E-state index in [0.717, 1.165) is 11.3 Å². The molecule has 0 fully saturated rings. The zero-order chi connectivity index (χ0) is 14.7. The molecule has 0 aliphatic rings. The van der Waals surface area contributed by atoms with Gasteiger partial charge < -0.3 is 10.6 Å². The highest BCUT2D eigenvalue weighted by atomic mass is 19.2. The molecule has 2 N–H and O–H groups in total. The van der Waals surface area contributed by atoms with Crippen LogP contribution in [0.3, 0.4) is 0 Å². The topological polar surface area (TPSA) is 29.3 Å². The molecule has 0 aliphatic carbocycles. The van der Waals surface area contributed by atoms with Crippen molar-refractivity contribution in [3.8, 4) is 0 Å². The number of halogens is 2. The second kappa shape index (κ2) is 6.01. The summed E-state index contributed by atoms with van der Waals surface area (Å²) in [6, 6.07) is 10.8. The van der Waals surface area contributed by atoms with Crippen molar-refractivity contribution in [1.29, 1.82) is 0 Å². The average Bonchev–Trinajstić information content (AvgIpc) is 2.46. The molecule has 0 aromatic heterocycles. The predicted molar refractivity (Wildman–Crippen MR) is 78.1 cm³/mol. The standard InChI is InChI=1S/C16H18F2N2/c1-3-20(13-7-4-11(2)5-8-13)14-9-6-12(10-19)15(17)16(14)18/h4-9H,3,10,19H2,1-2H3. The van der Waals surface area contributed by atoms with Crippen molar-refractivity contribution >= 4 is 11.4 Å². The molecule has 0 aliphatic heterocycles. The fourth-order valence-corrected chi connectivity index (χ4v) is 2.16. The van der Waals surface area contributed by atoms with Gasteiger partial charge in [0.25, 0.3) is 0 Å². The third kappa shape index (κ3) is 2.65. The fraction of sp³-hybridized carbons (Fsp3) is 0.250. The van der Waals surface area contributed by atoms with Crippen molar-refractivity contribution in [2.24, 2.45) is 5.73 Å². The van der Waals surface area contributed by atoms with Gasteiger partial charge in [0, 0.05) is 24.3 Å². The molecule has 106 valence electrons. The molecule has 0 radical (unpaired) electrons. The average molecular weight is 276 g/mol. The highest BCUT2D eigenvalue weighted by Gasteiger charge is 2.17. The van der Waals surface area contributed by atoms with E-state index in [4.69, 9.17) is 5.73 Å². The molecule has 2 rings (SSSR count). The van der Waals surface area contributed by atoms with Crippen molar-refractivity contribution in [3.05, 3.63) is 59.2 Å². The van der Waals surface area contributed by atoms with Gasteiger partial charge in [-0.1, -0.05) is 23.8 Å². The van der Waals surface area contributed by atoms with Crippen molar-refractivity contribution in [2.75, 3.05) is 11.4 Å². The monoisotopic (exact) mass is 276 g/mol. The van der Waals surface area contributed by atoms with Gasteiger partial charge in [0.05, 0.1) is 5.69 Å². The van der Waals surface area contributed by atoms with E-state index < -0.39 is 11.6 Å². The van der Waals surface area contributed by atoms with Crippen LogP contribution in [0.1, 0.15) is 18.1 Å². The maximum atomic E-state index is 14.2. The van der Waals surface area contributed by atoms with Crippen LogP contribution < -0.4 is 10.6 Å². The van der Waals surface area contributed by atoms with Crippen molar-refractivity contribution in [1.82, 2.24) is 0 Å². The van der Waals surface area contributed by atoms with Crippen LogP contribution in [0, 0.1) is 18.6 Å². The summed E-state index contributed by atoms with van der Waals surface area (Å²) in [6.45, 7) is 4.41. The third-order valence-electron chi connectivity index (χ3n) is 3.31. The quantitative estimate of drug-likeness (QED) is 0.918. The summed E-state index contributed by atoms with van der Waals surface area (Å²) < 4.78 is 28.0. The number of anilines is 2. The Morgan fingerprint density at radius 2 is 1.65 bits per heavy atom. The molecule has 2 nitrogen and oxygen atoms in total. The van der Waals surface area contributed by atoms with Crippen LogP contribution in [0.15, 0.2) is 36.4 Å². The number of hydrogen-bond donors (Lipinski definition) is 1. The lowest BCUT2D eigenvalue weighted by Gasteiger charge is -2.24. The Morgan fingerprint density at radius 1 is 1.00 bits per heavy atom. The normalized spacial score (nSPS) is 10.7. The Kier molecular flexibility index (Phi) is 4.35. The Labute approximate surface area is 117 Å². The fourth-order valence-electron chi connectivity index (χ4n) is 2.16. The Hall–Kier alpha value is -1.94. The van der Waals surface area contributed by atoms with Gasteiger partial charge in [0.15, 0.2) is 11.6 Å². The third-order valence-corrected chi connectivity index (χ3v) is 3.31. The highest BCUT2D eigenvalue weighted by Crippen LogP contribution is 2.30. The summed E-state index contributed by atoms with van der Waals surface area (Å²) in [7, 11) is 0. The van der Waals surface area contributed by atoms with Crippen LogP contribution in [0.4, 0.5) is 20.2 Å². The first-order valence-corrected chi connectivity index (χ1v) is 6.59. The lowest BCUT2D eigenvalue weighted by Crippen LogP contribution is -2.18. The summed E-state index contributed by atoms with van der Waals surface area (Å²) in [6.07, 6.45) is 0. The van der Waals surface area contributed by atoms with Gasteiger partial charge in [-0.3, -0.25) is 0 Å². The highest BCUT2D eigenvalue weighted by molar-refractivity contribution is 5.64. The van der Waals surface area contributed by atoms with Crippen LogP contribution >= 0.6 is 0 Å². The van der Waals surface area contributed by atoms with E-state index in [1.54, 1.807) is 11.0 Å². The van der Waals surface area contributed by atoms with Gasteiger partial charge >= 0.3 is 0 Å². The summed E-state index contributed by atoms with van der Waals surface area (Å²) in [4.78, 5) is 1.73. The zero-order valence-electron chi connectivity index (χ0n) is 11.7. The Balaban J connectivity index is 2.47. The van der Waals surface area contributed by atoms with Gasteiger partial charge in [-0.05, 0) is 32.0 Å².